The summed E-state index contributed by atoms with van der Waals surface area (Å²) < 4.78 is 5.18. The summed E-state index contributed by atoms with van der Waals surface area (Å²) >= 11 is 0. The first-order valence-corrected chi connectivity index (χ1v) is 8.18. The molecule has 0 aromatic carbocycles. The van der Waals surface area contributed by atoms with E-state index in [1.807, 2.05) is 11.0 Å². The van der Waals surface area contributed by atoms with E-state index in [0.717, 1.165) is 5.76 Å². The van der Waals surface area contributed by atoms with E-state index in [0.29, 0.717) is 39.0 Å². The highest BCUT2D eigenvalue weighted by Crippen LogP contribution is 2.17. The first kappa shape index (κ1) is 18.0. The predicted octanol–water partition coefficient (Wildman–Crippen LogP) is 0.454. The number of amides is 4. The number of hydrogen-bond donors (Lipinski definition) is 3. The number of furan rings is 1. The van der Waals surface area contributed by atoms with Crippen LogP contribution in [0.25, 0.3) is 0 Å². The maximum absolute atomic E-state index is 12.1. The van der Waals surface area contributed by atoms with E-state index in [4.69, 9.17) is 4.42 Å². The zero-order valence-electron chi connectivity index (χ0n) is 13.8. The SMILES string of the molecule is CCNC(=O)NC(=O)CN1CCC(C(=O)NCc2ccco2)CC1. The van der Waals surface area contributed by atoms with E-state index >= 15 is 0 Å². The van der Waals surface area contributed by atoms with E-state index in [9.17, 15) is 14.4 Å². The largest absolute Gasteiger partial charge is 0.467 e. The molecular formula is C16H24N4O4. The summed E-state index contributed by atoms with van der Waals surface area (Å²) in [6.07, 6.45) is 2.96. The molecule has 8 heteroatoms. The second-order valence-corrected chi connectivity index (χ2v) is 5.76. The molecule has 1 fully saturated rings. The van der Waals surface area contributed by atoms with Crippen molar-refractivity contribution in [3.05, 3.63) is 24.2 Å². The summed E-state index contributed by atoms with van der Waals surface area (Å²) in [6.45, 7) is 4.12. The normalized spacial score (nSPS) is 15.7. The van der Waals surface area contributed by atoms with Crippen LogP contribution in [0.15, 0.2) is 22.8 Å². The molecule has 0 unspecified atom stereocenters. The van der Waals surface area contributed by atoms with Gasteiger partial charge in [0.05, 0.1) is 19.4 Å². The quantitative estimate of drug-likeness (QED) is 0.700. The molecule has 0 saturated carbocycles. The fourth-order valence-corrected chi connectivity index (χ4v) is 2.66. The zero-order valence-corrected chi connectivity index (χ0v) is 13.8. The van der Waals surface area contributed by atoms with Crippen molar-refractivity contribution in [1.29, 1.82) is 0 Å². The Morgan fingerprint density at radius 2 is 2.00 bits per heavy atom. The van der Waals surface area contributed by atoms with Crippen LogP contribution in [0.3, 0.4) is 0 Å². The van der Waals surface area contributed by atoms with Gasteiger partial charge in [0.1, 0.15) is 5.76 Å². The molecule has 0 radical (unpaired) electrons. The van der Waals surface area contributed by atoms with Gasteiger partial charge in [-0.2, -0.15) is 0 Å². The fourth-order valence-electron chi connectivity index (χ4n) is 2.66. The van der Waals surface area contributed by atoms with Crippen molar-refractivity contribution in [3.63, 3.8) is 0 Å². The Bertz CT molecular complexity index is 550. The lowest BCUT2D eigenvalue weighted by Crippen LogP contribution is -2.47. The van der Waals surface area contributed by atoms with Crippen LogP contribution < -0.4 is 16.0 Å². The summed E-state index contributed by atoms with van der Waals surface area (Å²) in [7, 11) is 0. The second kappa shape index (κ2) is 9.07. The molecule has 0 bridgehead atoms. The van der Waals surface area contributed by atoms with Gasteiger partial charge in [-0.05, 0) is 45.0 Å². The minimum Gasteiger partial charge on any atom is -0.467 e. The van der Waals surface area contributed by atoms with Crippen LogP contribution in [0.1, 0.15) is 25.5 Å². The standard InChI is InChI=1S/C16H24N4O4/c1-2-17-16(23)19-14(21)11-20-7-5-12(6-8-20)15(22)18-10-13-4-3-9-24-13/h3-4,9,12H,2,5-8,10-11H2,1H3,(H,18,22)(H2,17,19,21,23). The Kier molecular flexibility index (Phi) is 6.80. The number of likely N-dealkylation sites (tertiary alicyclic amines) is 1. The lowest BCUT2D eigenvalue weighted by atomic mass is 9.96. The highest BCUT2D eigenvalue weighted by Gasteiger charge is 2.26. The van der Waals surface area contributed by atoms with E-state index in [1.54, 1.807) is 19.3 Å². The van der Waals surface area contributed by atoms with Crippen LogP contribution in [0, 0.1) is 5.92 Å². The Morgan fingerprint density at radius 3 is 2.62 bits per heavy atom. The summed E-state index contributed by atoms with van der Waals surface area (Å²) in [5, 5.41) is 7.66. The van der Waals surface area contributed by atoms with Crippen LogP contribution in [0.2, 0.25) is 0 Å². The fraction of sp³-hybridized carbons (Fsp3) is 0.562. The average Bonchev–Trinajstić information content (AvgIpc) is 3.06. The smallest absolute Gasteiger partial charge is 0.321 e. The minimum absolute atomic E-state index is 0.0119. The van der Waals surface area contributed by atoms with Crippen molar-refractivity contribution in [2.45, 2.75) is 26.3 Å². The second-order valence-electron chi connectivity index (χ2n) is 5.76. The molecule has 24 heavy (non-hydrogen) atoms. The first-order chi connectivity index (χ1) is 11.6. The maximum Gasteiger partial charge on any atom is 0.321 e. The van der Waals surface area contributed by atoms with Crippen molar-refractivity contribution in [3.8, 4) is 0 Å². The van der Waals surface area contributed by atoms with Crippen molar-refractivity contribution in [2.75, 3.05) is 26.2 Å². The molecule has 0 atom stereocenters. The molecule has 2 heterocycles. The molecule has 0 spiro atoms. The molecule has 4 amide bonds. The summed E-state index contributed by atoms with van der Waals surface area (Å²) in [5.74, 6) is 0.352. The monoisotopic (exact) mass is 336 g/mol. The van der Waals surface area contributed by atoms with Gasteiger partial charge >= 0.3 is 6.03 Å². The van der Waals surface area contributed by atoms with Gasteiger partial charge in [0, 0.05) is 12.5 Å². The molecule has 1 aromatic heterocycles. The van der Waals surface area contributed by atoms with Crippen molar-refractivity contribution >= 4 is 17.8 Å². The number of carbonyl (C=O) groups is 3. The number of rotatable bonds is 6. The Hall–Kier alpha value is -2.35. The van der Waals surface area contributed by atoms with Crippen molar-refractivity contribution in [1.82, 2.24) is 20.9 Å². The third kappa shape index (κ3) is 5.69. The highest BCUT2D eigenvalue weighted by molar-refractivity contribution is 5.95. The van der Waals surface area contributed by atoms with Crippen molar-refractivity contribution < 1.29 is 18.8 Å². The summed E-state index contributed by atoms with van der Waals surface area (Å²) in [4.78, 5) is 37.1. The van der Waals surface area contributed by atoms with Gasteiger partial charge in [-0.3, -0.25) is 19.8 Å². The van der Waals surface area contributed by atoms with Crippen LogP contribution in [0.4, 0.5) is 4.79 Å². The first-order valence-electron chi connectivity index (χ1n) is 8.18. The maximum atomic E-state index is 12.1. The lowest BCUT2D eigenvalue weighted by Gasteiger charge is -2.30. The highest BCUT2D eigenvalue weighted by atomic mass is 16.3. The number of imide groups is 1. The molecule has 132 valence electrons. The van der Waals surface area contributed by atoms with Gasteiger partial charge in [-0.25, -0.2) is 4.79 Å². The van der Waals surface area contributed by atoms with E-state index in [1.165, 1.54) is 0 Å². The molecule has 3 N–H and O–H groups in total. The Morgan fingerprint density at radius 1 is 1.25 bits per heavy atom. The molecule has 0 aliphatic carbocycles. The number of urea groups is 1. The molecule has 2 rings (SSSR count). The number of hydrogen-bond acceptors (Lipinski definition) is 5. The lowest BCUT2D eigenvalue weighted by molar-refractivity contribution is -0.127. The van der Waals surface area contributed by atoms with E-state index in [2.05, 4.69) is 16.0 Å². The zero-order chi connectivity index (χ0) is 17.4. The average molecular weight is 336 g/mol. The number of nitrogens with zero attached hydrogens (tertiary/aromatic N) is 1. The number of carbonyl (C=O) groups excluding carboxylic acids is 3. The molecule has 1 saturated heterocycles. The van der Waals surface area contributed by atoms with Gasteiger partial charge in [-0.1, -0.05) is 0 Å². The minimum atomic E-state index is -0.477. The Labute approximate surface area is 140 Å². The molecule has 1 aromatic rings. The molecular weight excluding hydrogens is 312 g/mol. The van der Waals surface area contributed by atoms with Gasteiger partial charge in [-0.15, -0.1) is 0 Å². The predicted molar refractivity (Wildman–Crippen MR) is 86.9 cm³/mol. The van der Waals surface area contributed by atoms with Crippen LogP contribution >= 0.6 is 0 Å². The van der Waals surface area contributed by atoms with Crippen LogP contribution in [0.5, 0.6) is 0 Å². The summed E-state index contributed by atoms with van der Waals surface area (Å²) in [6, 6.07) is 3.12. The van der Waals surface area contributed by atoms with Gasteiger partial charge in [0.15, 0.2) is 0 Å². The van der Waals surface area contributed by atoms with E-state index < -0.39 is 6.03 Å². The van der Waals surface area contributed by atoms with Gasteiger partial charge in [0.2, 0.25) is 11.8 Å². The number of nitrogens with one attached hydrogen (secondary N) is 3. The van der Waals surface area contributed by atoms with Crippen molar-refractivity contribution in [2.24, 2.45) is 5.92 Å². The van der Waals surface area contributed by atoms with Crippen LogP contribution in [-0.2, 0) is 16.1 Å². The third-order valence-electron chi connectivity index (χ3n) is 3.93. The Balaban J connectivity index is 1.66. The summed E-state index contributed by atoms with van der Waals surface area (Å²) in [5.41, 5.74) is 0. The third-order valence-corrected chi connectivity index (χ3v) is 3.93. The molecule has 8 nitrogen and oxygen atoms in total. The van der Waals surface area contributed by atoms with Gasteiger partial charge < -0.3 is 15.1 Å². The topological polar surface area (TPSA) is 104 Å². The van der Waals surface area contributed by atoms with E-state index in [-0.39, 0.29) is 24.3 Å². The number of piperidine rings is 1. The van der Waals surface area contributed by atoms with Crippen LogP contribution in [-0.4, -0.2) is 48.9 Å². The molecule has 1 aliphatic rings. The van der Waals surface area contributed by atoms with Gasteiger partial charge in [0.25, 0.3) is 0 Å². The molecule has 1 aliphatic heterocycles.